The Balaban J connectivity index is 2.06. The maximum atomic E-state index is 3.63. The Kier molecular flexibility index (Phi) is 3.62. The molecule has 0 aliphatic carbocycles. The number of likely N-dealkylation sites (N-methyl/N-ethyl adjacent to an activating group) is 1. The number of hydrogen-bond donors (Lipinski definition) is 1. The van der Waals surface area contributed by atoms with Crippen molar-refractivity contribution in [3.8, 4) is 0 Å². The third-order valence-corrected chi connectivity index (χ3v) is 3.85. The van der Waals surface area contributed by atoms with Gasteiger partial charge in [0.15, 0.2) is 0 Å². The molecule has 0 amide bonds. The smallest absolute Gasteiger partial charge is 0.0261 e. The normalized spacial score (nSPS) is 26.9. The molecule has 0 aromatic heterocycles. The summed E-state index contributed by atoms with van der Waals surface area (Å²) in [5, 5.41) is 3.63. The van der Waals surface area contributed by atoms with Gasteiger partial charge < -0.3 is 10.2 Å². The molecule has 0 radical (unpaired) electrons. The fraction of sp³-hybridized carbons (Fsp3) is 0.571. The molecule has 1 aliphatic rings. The molecular weight excluding hydrogens is 196 g/mol. The lowest BCUT2D eigenvalue weighted by molar-refractivity contribution is 0.163. The first kappa shape index (κ1) is 11.6. The fourth-order valence-corrected chi connectivity index (χ4v) is 2.43. The molecule has 1 aliphatic heterocycles. The van der Waals surface area contributed by atoms with Crippen LogP contribution < -0.4 is 5.32 Å². The quantitative estimate of drug-likeness (QED) is 0.814. The van der Waals surface area contributed by atoms with Crippen LogP contribution in [0.4, 0.5) is 0 Å². The fourth-order valence-electron chi connectivity index (χ4n) is 2.43. The summed E-state index contributed by atoms with van der Waals surface area (Å²) in [6.07, 6.45) is 1.14. The van der Waals surface area contributed by atoms with E-state index in [1.54, 1.807) is 0 Å². The summed E-state index contributed by atoms with van der Waals surface area (Å²) in [6.45, 7) is 6.78. The molecule has 0 bridgehead atoms. The number of rotatable bonds is 2. The molecule has 1 N–H and O–H groups in total. The number of hydrogen-bond acceptors (Lipinski definition) is 2. The summed E-state index contributed by atoms with van der Waals surface area (Å²) in [5.74, 6) is 0. The monoisotopic (exact) mass is 218 g/mol. The topological polar surface area (TPSA) is 15.3 Å². The average molecular weight is 218 g/mol. The van der Waals surface area contributed by atoms with E-state index in [1.165, 1.54) is 11.1 Å². The van der Waals surface area contributed by atoms with Crippen LogP contribution in [0, 0.1) is 6.92 Å². The van der Waals surface area contributed by atoms with Crippen LogP contribution in [-0.2, 0) is 6.42 Å². The summed E-state index contributed by atoms with van der Waals surface area (Å²) >= 11 is 0. The van der Waals surface area contributed by atoms with Crippen molar-refractivity contribution in [2.45, 2.75) is 32.4 Å². The number of nitrogens with zero attached hydrogens (tertiary/aromatic N) is 1. The predicted octanol–water partition coefficient (Wildman–Crippen LogP) is 1.83. The Morgan fingerprint density at radius 1 is 1.38 bits per heavy atom. The highest BCUT2D eigenvalue weighted by Crippen LogP contribution is 2.15. The van der Waals surface area contributed by atoms with Crippen molar-refractivity contribution >= 4 is 0 Å². The van der Waals surface area contributed by atoms with E-state index in [4.69, 9.17) is 0 Å². The van der Waals surface area contributed by atoms with Crippen molar-refractivity contribution in [1.82, 2.24) is 10.2 Å². The van der Waals surface area contributed by atoms with Crippen LogP contribution in [0.3, 0.4) is 0 Å². The van der Waals surface area contributed by atoms with Crippen LogP contribution in [0.1, 0.15) is 18.1 Å². The van der Waals surface area contributed by atoms with Gasteiger partial charge in [0.2, 0.25) is 0 Å². The van der Waals surface area contributed by atoms with Gasteiger partial charge in [-0.3, -0.25) is 0 Å². The van der Waals surface area contributed by atoms with E-state index in [9.17, 15) is 0 Å². The largest absolute Gasteiger partial charge is 0.311 e. The summed E-state index contributed by atoms with van der Waals surface area (Å²) in [4.78, 5) is 2.44. The molecule has 0 spiro atoms. The third kappa shape index (κ3) is 2.45. The zero-order valence-electron chi connectivity index (χ0n) is 10.5. The average Bonchev–Trinajstić information content (AvgIpc) is 2.28. The minimum Gasteiger partial charge on any atom is -0.311 e. The zero-order valence-corrected chi connectivity index (χ0v) is 10.5. The summed E-state index contributed by atoms with van der Waals surface area (Å²) in [6, 6.07) is 9.90. The van der Waals surface area contributed by atoms with E-state index in [1.807, 2.05) is 0 Å². The van der Waals surface area contributed by atoms with Crippen LogP contribution in [0.25, 0.3) is 0 Å². The molecule has 1 fully saturated rings. The van der Waals surface area contributed by atoms with E-state index < -0.39 is 0 Å². The zero-order chi connectivity index (χ0) is 11.5. The summed E-state index contributed by atoms with van der Waals surface area (Å²) < 4.78 is 0. The molecule has 1 heterocycles. The van der Waals surface area contributed by atoms with Crippen LogP contribution >= 0.6 is 0 Å². The van der Waals surface area contributed by atoms with Crippen molar-refractivity contribution in [3.05, 3.63) is 35.4 Å². The van der Waals surface area contributed by atoms with E-state index in [-0.39, 0.29) is 0 Å². The molecule has 1 saturated heterocycles. The summed E-state index contributed by atoms with van der Waals surface area (Å²) in [5.41, 5.74) is 2.88. The second-order valence-corrected chi connectivity index (χ2v) is 4.91. The van der Waals surface area contributed by atoms with Crippen LogP contribution in [0.5, 0.6) is 0 Å². The molecule has 2 heteroatoms. The van der Waals surface area contributed by atoms with Crippen molar-refractivity contribution < 1.29 is 0 Å². The predicted molar refractivity (Wildman–Crippen MR) is 68.8 cm³/mol. The number of piperazine rings is 1. The highest BCUT2D eigenvalue weighted by molar-refractivity contribution is 5.26. The van der Waals surface area contributed by atoms with E-state index >= 15 is 0 Å². The number of aryl methyl sites for hydroxylation is 1. The molecule has 1 aromatic rings. The Morgan fingerprint density at radius 3 is 2.88 bits per heavy atom. The van der Waals surface area contributed by atoms with Gasteiger partial charge in [-0.1, -0.05) is 24.3 Å². The first-order valence-electron chi connectivity index (χ1n) is 6.16. The first-order chi connectivity index (χ1) is 7.68. The van der Waals surface area contributed by atoms with Crippen molar-refractivity contribution in [2.24, 2.45) is 0 Å². The molecule has 2 rings (SSSR count). The van der Waals surface area contributed by atoms with Gasteiger partial charge in [-0.15, -0.1) is 0 Å². The Bertz CT molecular complexity index is 348. The first-order valence-corrected chi connectivity index (χ1v) is 6.16. The van der Waals surface area contributed by atoms with Gasteiger partial charge in [-0.2, -0.15) is 0 Å². The molecule has 2 atom stereocenters. The molecule has 88 valence electrons. The van der Waals surface area contributed by atoms with E-state index in [2.05, 4.69) is 55.4 Å². The van der Waals surface area contributed by atoms with Crippen LogP contribution in [0.2, 0.25) is 0 Å². The number of benzene rings is 1. The Labute approximate surface area is 98.7 Å². The molecule has 1 aromatic carbocycles. The van der Waals surface area contributed by atoms with Gasteiger partial charge in [0.25, 0.3) is 0 Å². The van der Waals surface area contributed by atoms with Crippen molar-refractivity contribution in [1.29, 1.82) is 0 Å². The van der Waals surface area contributed by atoms with E-state index in [0.717, 1.165) is 19.5 Å². The second kappa shape index (κ2) is 4.98. The van der Waals surface area contributed by atoms with Gasteiger partial charge in [0.05, 0.1) is 0 Å². The van der Waals surface area contributed by atoms with E-state index in [0.29, 0.717) is 12.1 Å². The lowest BCUT2D eigenvalue weighted by Gasteiger charge is -2.38. The van der Waals surface area contributed by atoms with Gasteiger partial charge in [-0.25, -0.2) is 0 Å². The van der Waals surface area contributed by atoms with Gasteiger partial charge in [0, 0.05) is 25.2 Å². The van der Waals surface area contributed by atoms with Gasteiger partial charge in [0.1, 0.15) is 0 Å². The molecule has 16 heavy (non-hydrogen) atoms. The Morgan fingerprint density at radius 2 is 2.12 bits per heavy atom. The maximum absolute atomic E-state index is 3.63. The molecule has 2 nitrogen and oxygen atoms in total. The highest BCUT2D eigenvalue weighted by Gasteiger charge is 2.25. The SMILES string of the molecule is Cc1ccccc1CC1NCCN(C)C1C. The minimum absolute atomic E-state index is 0.583. The molecule has 2 unspecified atom stereocenters. The van der Waals surface area contributed by atoms with Gasteiger partial charge in [-0.05, 0) is 38.4 Å². The molecular formula is C14H22N2. The van der Waals surface area contributed by atoms with Gasteiger partial charge >= 0.3 is 0 Å². The summed E-state index contributed by atoms with van der Waals surface area (Å²) in [7, 11) is 2.22. The highest BCUT2D eigenvalue weighted by atomic mass is 15.2. The van der Waals surface area contributed by atoms with Crippen molar-refractivity contribution in [2.75, 3.05) is 20.1 Å². The molecule has 0 saturated carbocycles. The minimum atomic E-state index is 0.583. The van der Waals surface area contributed by atoms with Crippen LogP contribution in [-0.4, -0.2) is 37.1 Å². The standard InChI is InChI=1S/C14H22N2/c1-11-6-4-5-7-13(11)10-14-12(2)16(3)9-8-15-14/h4-7,12,14-15H,8-10H2,1-3H3. The van der Waals surface area contributed by atoms with Crippen molar-refractivity contribution in [3.63, 3.8) is 0 Å². The third-order valence-electron chi connectivity index (χ3n) is 3.85. The Hall–Kier alpha value is -0.860. The van der Waals surface area contributed by atoms with Crippen LogP contribution in [0.15, 0.2) is 24.3 Å². The maximum Gasteiger partial charge on any atom is 0.0261 e. The lowest BCUT2D eigenvalue weighted by atomic mass is 9.95. The lowest BCUT2D eigenvalue weighted by Crippen LogP contribution is -2.55. The second-order valence-electron chi connectivity index (χ2n) is 4.91. The number of nitrogens with one attached hydrogen (secondary N) is 1.